The van der Waals surface area contributed by atoms with Crippen molar-refractivity contribution in [2.24, 2.45) is 0 Å². The average molecular weight is 263 g/mol. The Bertz CT molecular complexity index is 566. The zero-order valence-electron chi connectivity index (χ0n) is 9.95. The van der Waals surface area contributed by atoms with Crippen molar-refractivity contribution in [3.63, 3.8) is 0 Å². The quantitative estimate of drug-likeness (QED) is 0.797. The van der Waals surface area contributed by atoms with E-state index in [2.05, 4.69) is 20.5 Å². The first kappa shape index (κ1) is 13.1. The Morgan fingerprint density at radius 1 is 1.32 bits per heavy atom. The fourth-order valence-corrected chi connectivity index (χ4v) is 1.61. The number of halogens is 2. The molecule has 7 heteroatoms. The molecule has 0 radical (unpaired) electrons. The van der Waals surface area contributed by atoms with Crippen molar-refractivity contribution in [2.75, 3.05) is 6.54 Å². The van der Waals surface area contributed by atoms with Gasteiger partial charge >= 0.3 is 0 Å². The molecule has 0 amide bonds. The number of hydrogen-bond donors (Lipinski definition) is 2. The second kappa shape index (κ2) is 6.02. The topological polar surface area (TPSA) is 77.4 Å². The van der Waals surface area contributed by atoms with Gasteiger partial charge in [-0.05, 0) is 12.1 Å². The van der Waals surface area contributed by atoms with Crippen molar-refractivity contribution >= 4 is 0 Å². The molecule has 0 fully saturated rings. The summed E-state index contributed by atoms with van der Waals surface area (Å²) in [7, 11) is 0. The molecule has 0 spiro atoms. The van der Waals surface area contributed by atoms with E-state index >= 15 is 0 Å². The minimum absolute atomic E-state index is 0.0274. The molecule has 98 valence electrons. The van der Waals surface area contributed by atoms with Crippen LogP contribution in [0.15, 0.2) is 18.5 Å². The van der Waals surface area contributed by atoms with Crippen molar-refractivity contribution in [1.29, 1.82) is 5.26 Å². The summed E-state index contributed by atoms with van der Waals surface area (Å²) in [4.78, 5) is 3.93. The highest BCUT2D eigenvalue weighted by Crippen LogP contribution is 2.14. The van der Waals surface area contributed by atoms with Gasteiger partial charge in [0, 0.05) is 25.1 Å². The Morgan fingerprint density at radius 3 is 2.63 bits per heavy atom. The maximum atomic E-state index is 13.5. The fourth-order valence-electron chi connectivity index (χ4n) is 1.61. The number of nitrogens with one attached hydrogen (secondary N) is 2. The number of rotatable bonds is 5. The van der Waals surface area contributed by atoms with Crippen molar-refractivity contribution in [2.45, 2.75) is 13.0 Å². The maximum absolute atomic E-state index is 13.5. The molecule has 0 unspecified atom stereocenters. The highest BCUT2D eigenvalue weighted by atomic mass is 19.1. The summed E-state index contributed by atoms with van der Waals surface area (Å²) >= 11 is 0. The van der Waals surface area contributed by atoms with Gasteiger partial charge in [-0.2, -0.15) is 10.4 Å². The van der Waals surface area contributed by atoms with Gasteiger partial charge in [-0.25, -0.2) is 13.8 Å². The lowest BCUT2D eigenvalue weighted by Gasteiger charge is -2.07. The zero-order valence-corrected chi connectivity index (χ0v) is 9.95. The van der Waals surface area contributed by atoms with Gasteiger partial charge < -0.3 is 5.32 Å². The molecule has 2 rings (SSSR count). The Balaban J connectivity index is 1.91. The van der Waals surface area contributed by atoms with E-state index in [0.717, 1.165) is 12.1 Å². The van der Waals surface area contributed by atoms with Crippen LogP contribution in [0.1, 0.15) is 17.0 Å². The molecular weight excluding hydrogens is 252 g/mol. The zero-order chi connectivity index (χ0) is 13.7. The Morgan fingerprint density at radius 2 is 2.05 bits per heavy atom. The standard InChI is InChI=1S/C12H11F2N5/c13-10-3-8(5-15)4-11(14)9(10)6-16-2-1-12-17-7-18-19-12/h3-4,7,16H,1-2,6H2,(H,17,18,19). The summed E-state index contributed by atoms with van der Waals surface area (Å²) in [6, 6.07) is 3.75. The molecule has 1 heterocycles. The smallest absolute Gasteiger partial charge is 0.137 e. The lowest BCUT2D eigenvalue weighted by Crippen LogP contribution is -2.19. The second-order valence-electron chi connectivity index (χ2n) is 3.89. The van der Waals surface area contributed by atoms with E-state index in [-0.39, 0.29) is 17.7 Å². The van der Waals surface area contributed by atoms with Gasteiger partial charge in [-0.15, -0.1) is 0 Å². The monoisotopic (exact) mass is 263 g/mol. The summed E-state index contributed by atoms with van der Waals surface area (Å²) in [6.45, 7) is 0.561. The molecule has 19 heavy (non-hydrogen) atoms. The lowest BCUT2D eigenvalue weighted by molar-refractivity contribution is 0.534. The molecule has 5 nitrogen and oxygen atoms in total. The first-order valence-corrected chi connectivity index (χ1v) is 5.63. The molecule has 0 saturated heterocycles. The molecule has 0 atom stereocenters. The predicted octanol–water partition coefficient (Wildman–Crippen LogP) is 1.29. The summed E-state index contributed by atoms with van der Waals surface area (Å²) < 4.78 is 27.1. The minimum atomic E-state index is -0.719. The lowest BCUT2D eigenvalue weighted by atomic mass is 10.1. The molecule has 0 aliphatic carbocycles. The number of benzene rings is 1. The Labute approximate surface area is 108 Å². The van der Waals surface area contributed by atoms with Gasteiger partial charge in [0.25, 0.3) is 0 Å². The molecule has 2 N–H and O–H groups in total. The van der Waals surface area contributed by atoms with E-state index in [1.807, 2.05) is 0 Å². The van der Waals surface area contributed by atoms with Crippen LogP contribution in [0.3, 0.4) is 0 Å². The highest BCUT2D eigenvalue weighted by molar-refractivity contribution is 5.34. The van der Waals surface area contributed by atoms with Gasteiger partial charge in [0.15, 0.2) is 0 Å². The molecule has 0 aliphatic rings. The number of H-pyrrole nitrogens is 1. The first-order chi connectivity index (χ1) is 9.20. The third-order valence-corrected chi connectivity index (χ3v) is 2.58. The highest BCUT2D eigenvalue weighted by Gasteiger charge is 2.10. The van der Waals surface area contributed by atoms with Crippen molar-refractivity contribution in [1.82, 2.24) is 20.5 Å². The van der Waals surface area contributed by atoms with Gasteiger partial charge in [0.2, 0.25) is 0 Å². The Hall–Kier alpha value is -2.33. The molecule has 1 aromatic carbocycles. The third-order valence-electron chi connectivity index (χ3n) is 2.58. The summed E-state index contributed by atoms with van der Waals surface area (Å²) in [5.74, 6) is -0.735. The van der Waals surface area contributed by atoms with Crippen molar-refractivity contribution < 1.29 is 8.78 Å². The van der Waals surface area contributed by atoms with E-state index in [1.165, 1.54) is 6.33 Å². The van der Waals surface area contributed by atoms with E-state index in [0.29, 0.717) is 18.8 Å². The largest absolute Gasteiger partial charge is 0.312 e. The normalized spacial score (nSPS) is 10.4. The number of aromatic amines is 1. The van der Waals surface area contributed by atoms with E-state index < -0.39 is 11.6 Å². The summed E-state index contributed by atoms with van der Waals surface area (Å²) in [5.41, 5.74) is -0.100. The van der Waals surface area contributed by atoms with E-state index in [9.17, 15) is 8.78 Å². The van der Waals surface area contributed by atoms with Crippen LogP contribution in [0.4, 0.5) is 8.78 Å². The van der Waals surface area contributed by atoms with Gasteiger partial charge in [0.1, 0.15) is 23.8 Å². The maximum Gasteiger partial charge on any atom is 0.137 e. The summed E-state index contributed by atoms with van der Waals surface area (Å²) in [6.07, 6.45) is 1.98. The number of hydrogen-bond acceptors (Lipinski definition) is 4. The van der Waals surface area contributed by atoms with Crippen LogP contribution in [-0.2, 0) is 13.0 Å². The second-order valence-corrected chi connectivity index (χ2v) is 3.89. The van der Waals surface area contributed by atoms with Crippen molar-refractivity contribution in [3.8, 4) is 6.07 Å². The number of aromatic nitrogens is 3. The molecular formula is C12H11F2N5. The van der Waals surface area contributed by atoms with Gasteiger partial charge in [0.05, 0.1) is 11.6 Å². The third kappa shape index (κ3) is 3.33. The average Bonchev–Trinajstić information content (AvgIpc) is 2.89. The van der Waals surface area contributed by atoms with Crippen LogP contribution < -0.4 is 5.32 Å². The van der Waals surface area contributed by atoms with Crippen molar-refractivity contribution in [3.05, 3.63) is 47.0 Å². The minimum Gasteiger partial charge on any atom is -0.312 e. The molecule has 1 aromatic heterocycles. The van der Waals surface area contributed by atoms with E-state index in [4.69, 9.17) is 5.26 Å². The predicted molar refractivity (Wildman–Crippen MR) is 62.9 cm³/mol. The molecule has 0 bridgehead atoms. The van der Waals surface area contributed by atoms with Crippen LogP contribution >= 0.6 is 0 Å². The molecule has 0 saturated carbocycles. The fraction of sp³-hybridized carbons (Fsp3) is 0.250. The molecule has 2 aromatic rings. The summed E-state index contributed by atoms with van der Waals surface area (Å²) in [5, 5.41) is 17.9. The van der Waals surface area contributed by atoms with Crippen LogP contribution in [0.2, 0.25) is 0 Å². The number of nitriles is 1. The van der Waals surface area contributed by atoms with Crippen LogP contribution in [-0.4, -0.2) is 21.7 Å². The van der Waals surface area contributed by atoms with Gasteiger partial charge in [-0.3, -0.25) is 5.10 Å². The van der Waals surface area contributed by atoms with Crippen LogP contribution in [0.5, 0.6) is 0 Å². The SMILES string of the molecule is N#Cc1cc(F)c(CNCCc2ncn[nH]2)c(F)c1. The van der Waals surface area contributed by atoms with Crippen LogP contribution in [0.25, 0.3) is 0 Å². The first-order valence-electron chi connectivity index (χ1n) is 5.63. The van der Waals surface area contributed by atoms with Gasteiger partial charge in [-0.1, -0.05) is 0 Å². The van der Waals surface area contributed by atoms with E-state index in [1.54, 1.807) is 6.07 Å². The van der Waals surface area contributed by atoms with Crippen LogP contribution in [0, 0.1) is 23.0 Å². The number of nitrogens with zero attached hydrogens (tertiary/aromatic N) is 3. The Kier molecular flexibility index (Phi) is 4.15. The molecule has 0 aliphatic heterocycles.